The van der Waals surface area contributed by atoms with Crippen molar-refractivity contribution in [1.82, 2.24) is 9.97 Å². The minimum absolute atomic E-state index is 0.462. The Bertz CT molecular complexity index is 335. The highest BCUT2D eigenvalue weighted by Gasteiger charge is 2.15. The second-order valence-electron chi connectivity index (χ2n) is 4.50. The van der Waals surface area contributed by atoms with Gasteiger partial charge in [-0.1, -0.05) is 13.8 Å². The van der Waals surface area contributed by atoms with Gasteiger partial charge in [0, 0.05) is 23.6 Å². The van der Waals surface area contributed by atoms with Gasteiger partial charge in [-0.25, -0.2) is 9.97 Å². The van der Waals surface area contributed by atoms with Crippen LogP contribution >= 0.6 is 11.8 Å². The molecular formula is C12H19N3S. The number of hydrogen-bond donors (Lipinski definition) is 1. The van der Waals surface area contributed by atoms with Gasteiger partial charge in [0.05, 0.1) is 0 Å². The fourth-order valence-corrected chi connectivity index (χ4v) is 3.01. The number of rotatable bonds is 4. The van der Waals surface area contributed by atoms with Crippen LogP contribution in [0.3, 0.4) is 0 Å². The van der Waals surface area contributed by atoms with E-state index in [0.29, 0.717) is 5.92 Å². The Balaban J connectivity index is 1.90. The summed E-state index contributed by atoms with van der Waals surface area (Å²) in [5.74, 6) is 2.74. The molecule has 4 heteroatoms. The lowest BCUT2D eigenvalue weighted by Gasteiger charge is -2.11. The zero-order chi connectivity index (χ0) is 11.4. The van der Waals surface area contributed by atoms with Crippen LogP contribution in [0, 0.1) is 0 Å². The fourth-order valence-electron chi connectivity index (χ4n) is 1.81. The molecule has 1 aromatic rings. The first-order chi connectivity index (χ1) is 7.75. The predicted octanol–water partition coefficient (Wildman–Crippen LogP) is 2.91. The molecule has 0 radical (unpaired) electrons. The van der Waals surface area contributed by atoms with Gasteiger partial charge in [0.15, 0.2) is 0 Å². The molecule has 0 aliphatic carbocycles. The Kier molecular flexibility index (Phi) is 4.04. The fraction of sp³-hybridized carbons (Fsp3) is 0.667. The van der Waals surface area contributed by atoms with Crippen molar-refractivity contribution >= 4 is 17.6 Å². The first-order valence-corrected chi connectivity index (χ1v) is 6.98. The Morgan fingerprint density at radius 1 is 1.50 bits per heavy atom. The summed E-state index contributed by atoms with van der Waals surface area (Å²) in [6.45, 7) is 5.33. The van der Waals surface area contributed by atoms with Crippen molar-refractivity contribution in [2.45, 2.75) is 37.9 Å². The van der Waals surface area contributed by atoms with Crippen molar-refractivity contribution in [3.63, 3.8) is 0 Å². The van der Waals surface area contributed by atoms with Crippen LogP contribution in [-0.4, -0.2) is 27.5 Å². The number of thioether (sulfide) groups is 1. The standard InChI is InChI=1S/C12H19N3S/c1-9(2)11-6-12(15-8-14-11)13-7-10-4-3-5-16-10/h6,8-10H,3-5,7H2,1-2H3,(H,13,14,15). The van der Waals surface area contributed by atoms with Crippen LogP contribution < -0.4 is 5.32 Å². The number of nitrogens with zero attached hydrogens (tertiary/aromatic N) is 2. The SMILES string of the molecule is CC(C)c1cc(NCC2CCCS2)ncn1. The van der Waals surface area contributed by atoms with Gasteiger partial charge >= 0.3 is 0 Å². The van der Waals surface area contributed by atoms with E-state index in [2.05, 4.69) is 47.0 Å². The van der Waals surface area contributed by atoms with Gasteiger partial charge in [-0.3, -0.25) is 0 Å². The van der Waals surface area contributed by atoms with Gasteiger partial charge in [-0.15, -0.1) is 0 Å². The molecule has 0 amide bonds. The van der Waals surface area contributed by atoms with Crippen molar-refractivity contribution in [3.8, 4) is 0 Å². The minimum atomic E-state index is 0.462. The molecule has 1 aliphatic heterocycles. The van der Waals surface area contributed by atoms with Crippen molar-refractivity contribution in [2.75, 3.05) is 17.6 Å². The van der Waals surface area contributed by atoms with Gasteiger partial charge in [0.1, 0.15) is 12.1 Å². The molecule has 2 heterocycles. The van der Waals surface area contributed by atoms with Gasteiger partial charge in [-0.2, -0.15) is 11.8 Å². The van der Waals surface area contributed by atoms with E-state index in [0.717, 1.165) is 23.3 Å². The third kappa shape index (κ3) is 3.11. The van der Waals surface area contributed by atoms with Crippen molar-refractivity contribution in [1.29, 1.82) is 0 Å². The van der Waals surface area contributed by atoms with E-state index in [1.165, 1.54) is 18.6 Å². The van der Waals surface area contributed by atoms with Gasteiger partial charge in [0.2, 0.25) is 0 Å². The maximum Gasteiger partial charge on any atom is 0.129 e. The summed E-state index contributed by atoms with van der Waals surface area (Å²) in [5, 5.41) is 4.17. The molecule has 1 atom stereocenters. The van der Waals surface area contributed by atoms with Gasteiger partial charge in [0.25, 0.3) is 0 Å². The van der Waals surface area contributed by atoms with E-state index in [1.54, 1.807) is 6.33 Å². The third-order valence-electron chi connectivity index (χ3n) is 2.81. The summed E-state index contributed by atoms with van der Waals surface area (Å²) >= 11 is 2.07. The number of anilines is 1. The summed E-state index contributed by atoms with van der Waals surface area (Å²) in [6.07, 6.45) is 4.34. The average molecular weight is 237 g/mol. The first kappa shape index (κ1) is 11.7. The Hall–Kier alpha value is -0.770. The molecular weight excluding hydrogens is 218 g/mol. The Labute approximate surface area is 101 Å². The summed E-state index contributed by atoms with van der Waals surface area (Å²) in [6, 6.07) is 2.06. The zero-order valence-corrected chi connectivity index (χ0v) is 10.8. The topological polar surface area (TPSA) is 37.8 Å². The lowest BCUT2D eigenvalue weighted by molar-refractivity contribution is 0.795. The normalized spacial score (nSPS) is 20.3. The van der Waals surface area contributed by atoms with E-state index in [9.17, 15) is 0 Å². The van der Waals surface area contributed by atoms with Crippen molar-refractivity contribution in [3.05, 3.63) is 18.1 Å². The number of aromatic nitrogens is 2. The van der Waals surface area contributed by atoms with Crippen LogP contribution in [0.2, 0.25) is 0 Å². The monoisotopic (exact) mass is 237 g/mol. The summed E-state index contributed by atoms with van der Waals surface area (Å²) < 4.78 is 0. The van der Waals surface area contributed by atoms with Crippen LogP contribution in [0.15, 0.2) is 12.4 Å². The molecule has 0 spiro atoms. The molecule has 0 saturated carbocycles. The quantitative estimate of drug-likeness (QED) is 0.873. The molecule has 0 aromatic carbocycles. The Morgan fingerprint density at radius 3 is 3.06 bits per heavy atom. The molecule has 1 unspecified atom stereocenters. The van der Waals surface area contributed by atoms with Crippen molar-refractivity contribution < 1.29 is 0 Å². The largest absolute Gasteiger partial charge is 0.369 e. The predicted molar refractivity (Wildman–Crippen MR) is 70.1 cm³/mol. The molecule has 88 valence electrons. The summed E-state index contributed by atoms with van der Waals surface area (Å²) in [7, 11) is 0. The number of nitrogens with one attached hydrogen (secondary N) is 1. The molecule has 0 bridgehead atoms. The highest BCUT2D eigenvalue weighted by molar-refractivity contribution is 8.00. The van der Waals surface area contributed by atoms with Crippen LogP contribution in [0.5, 0.6) is 0 Å². The van der Waals surface area contributed by atoms with Gasteiger partial charge < -0.3 is 5.32 Å². The molecule has 16 heavy (non-hydrogen) atoms. The lowest BCUT2D eigenvalue weighted by Crippen LogP contribution is -2.14. The average Bonchev–Trinajstić information content (AvgIpc) is 2.79. The second-order valence-corrected chi connectivity index (χ2v) is 5.91. The van der Waals surface area contributed by atoms with E-state index in [-0.39, 0.29) is 0 Å². The second kappa shape index (κ2) is 5.53. The van der Waals surface area contributed by atoms with E-state index < -0.39 is 0 Å². The molecule has 1 aromatic heterocycles. The zero-order valence-electron chi connectivity index (χ0n) is 9.94. The number of hydrogen-bond acceptors (Lipinski definition) is 4. The van der Waals surface area contributed by atoms with Crippen LogP contribution in [0.25, 0.3) is 0 Å². The van der Waals surface area contributed by atoms with Crippen LogP contribution in [-0.2, 0) is 0 Å². The van der Waals surface area contributed by atoms with Gasteiger partial charge in [-0.05, 0) is 24.5 Å². The highest BCUT2D eigenvalue weighted by atomic mass is 32.2. The smallest absolute Gasteiger partial charge is 0.129 e. The molecule has 1 fully saturated rings. The third-order valence-corrected chi connectivity index (χ3v) is 4.21. The van der Waals surface area contributed by atoms with E-state index in [1.807, 2.05) is 0 Å². The molecule has 1 N–H and O–H groups in total. The summed E-state index contributed by atoms with van der Waals surface area (Å²) in [4.78, 5) is 8.51. The molecule has 1 saturated heterocycles. The van der Waals surface area contributed by atoms with E-state index in [4.69, 9.17) is 0 Å². The maximum absolute atomic E-state index is 4.26. The van der Waals surface area contributed by atoms with Crippen molar-refractivity contribution in [2.24, 2.45) is 0 Å². The molecule has 3 nitrogen and oxygen atoms in total. The highest BCUT2D eigenvalue weighted by Crippen LogP contribution is 2.26. The van der Waals surface area contributed by atoms with E-state index >= 15 is 0 Å². The van der Waals surface area contributed by atoms with Crippen LogP contribution in [0.1, 0.15) is 38.3 Å². The molecule has 2 rings (SSSR count). The Morgan fingerprint density at radius 2 is 2.38 bits per heavy atom. The maximum atomic E-state index is 4.26. The first-order valence-electron chi connectivity index (χ1n) is 5.93. The van der Waals surface area contributed by atoms with Crippen LogP contribution in [0.4, 0.5) is 5.82 Å². The summed E-state index contributed by atoms with van der Waals surface area (Å²) in [5.41, 5.74) is 1.11. The molecule has 1 aliphatic rings. The lowest BCUT2D eigenvalue weighted by atomic mass is 10.1. The minimum Gasteiger partial charge on any atom is -0.369 e.